The van der Waals surface area contributed by atoms with Gasteiger partial charge in [-0.1, -0.05) is 25.8 Å². The Morgan fingerprint density at radius 2 is 2.04 bits per heavy atom. The van der Waals surface area contributed by atoms with Crippen molar-refractivity contribution in [3.63, 3.8) is 0 Å². The number of carbonyl (C=O) groups is 2. The normalized spacial score (nSPS) is 18.8. The molecule has 0 aromatic carbocycles. The molecule has 25 heavy (non-hydrogen) atoms. The summed E-state index contributed by atoms with van der Waals surface area (Å²) in [5.41, 5.74) is 0. The van der Waals surface area contributed by atoms with Gasteiger partial charge in [-0.15, -0.1) is 11.8 Å². The predicted molar refractivity (Wildman–Crippen MR) is 101 cm³/mol. The van der Waals surface area contributed by atoms with E-state index in [0.29, 0.717) is 18.9 Å². The first kappa shape index (κ1) is 21.4. The number of ketones is 1. The lowest BCUT2D eigenvalue weighted by molar-refractivity contribution is -0.140. The minimum Gasteiger partial charge on any atom is -0.469 e. The van der Waals surface area contributed by atoms with E-state index >= 15 is 0 Å². The van der Waals surface area contributed by atoms with Crippen molar-refractivity contribution in [1.29, 1.82) is 0 Å². The summed E-state index contributed by atoms with van der Waals surface area (Å²) in [5, 5.41) is 0. The number of ether oxygens (including phenoxy) is 1. The fourth-order valence-corrected chi connectivity index (χ4v) is 3.11. The third kappa shape index (κ3) is 8.88. The second kappa shape index (κ2) is 12.7. The number of rotatable bonds is 11. The highest BCUT2D eigenvalue weighted by molar-refractivity contribution is 5.91. The van der Waals surface area contributed by atoms with Gasteiger partial charge in [0.1, 0.15) is 0 Å². The van der Waals surface area contributed by atoms with Crippen LogP contribution in [0.4, 0.5) is 0 Å². The van der Waals surface area contributed by atoms with Gasteiger partial charge in [0.15, 0.2) is 5.78 Å². The summed E-state index contributed by atoms with van der Waals surface area (Å²) in [5.74, 6) is 5.86. The molecule has 4 heteroatoms. The van der Waals surface area contributed by atoms with E-state index in [0.717, 1.165) is 45.2 Å². The van der Waals surface area contributed by atoms with Crippen LogP contribution in [0.2, 0.25) is 0 Å². The third-order valence-electron chi connectivity index (χ3n) is 4.77. The van der Waals surface area contributed by atoms with Crippen LogP contribution in [-0.2, 0) is 14.3 Å². The number of carbonyl (C=O) groups excluding carboxylic acids is 2. The summed E-state index contributed by atoms with van der Waals surface area (Å²) in [6, 6.07) is 0.392. The molecule has 1 aliphatic heterocycles. The molecule has 0 aromatic heterocycles. The Kier molecular flexibility index (Phi) is 10.9. The van der Waals surface area contributed by atoms with Gasteiger partial charge in [0, 0.05) is 24.8 Å². The summed E-state index contributed by atoms with van der Waals surface area (Å²) < 4.78 is 4.65. The number of esters is 1. The minimum atomic E-state index is -0.117. The van der Waals surface area contributed by atoms with E-state index in [2.05, 4.69) is 27.6 Å². The highest BCUT2D eigenvalue weighted by atomic mass is 16.5. The molecule has 0 aliphatic carbocycles. The first-order valence-corrected chi connectivity index (χ1v) is 9.51. The zero-order valence-electron chi connectivity index (χ0n) is 16.1. The van der Waals surface area contributed by atoms with Gasteiger partial charge in [-0.2, -0.15) is 0 Å². The van der Waals surface area contributed by atoms with Crippen molar-refractivity contribution in [2.24, 2.45) is 5.92 Å². The fraction of sp³-hybridized carbons (Fsp3) is 0.714. The lowest BCUT2D eigenvalue weighted by Crippen LogP contribution is -2.29. The number of hydrogen-bond donors (Lipinski definition) is 0. The van der Waals surface area contributed by atoms with Gasteiger partial charge >= 0.3 is 5.97 Å². The SMILES string of the molecule is CC#CCC(C)C(=O)/C=C/[C@H]1CCCN1CCCCCCC(=O)OC. The summed E-state index contributed by atoms with van der Waals surface area (Å²) >= 11 is 0. The Hall–Kier alpha value is -1.60. The number of likely N-dealkylation sites (tertiary alicyclic amines) is 1. The Morgan fingerprint density at radius 3 is 2.76 bits per heavy atom. The molecule has 1 aliphatic rings. The van der Waals surface area contributed by atoms with Crippen LogP contribution in [-0.4, -0.2) is 42.9 Å². The van der Waals surface area contributed by atoms with E-state index in [-0.39, 0.29) is 17.7 Å². The molecule has 1 saturated heterocycles. The molecular formula is C21H33NO3. The largest absolute Gasteiger partial charge is 0.469 e. The van der Waals surface area contributed by atoms with E-state index in [1.165, 1.54) is 13.5 Å². The molecule has 0 amide bonds. The van der Waals surface area contributed by atoms with Gasteiger partial charge in [-0.3, -0.25) is 14.5 Å². The van der Waals surface area contributed by atoms with Crippen LogP contribution < -0.4 is 0 Å². The van der Waals surface area contributed by atoms with Crippen molar-refractivity contribution >= 4 is 11.8 Å². The molecule has 0 bridgehead atoms. The standard InChI is InChI=1S/C21H33NO3/c1-4-5-11-18(2)20(23)15-14-19-12-10-17-22(19)16-9-7-6-8-13-21(24)25-3/h14-15,18-19H,6-13,16-17H2,1-3H3/b15-14+/t18?,19-/m1/s1. The number of unbranched alkanes of at least 4 members (excludes halogenated alkanes) is 3. The number of allylic oxidation sites excluding steroid dienone is 1. The molecule has 1 rings (SSSR count). The molecule has 1 fully saturated rings. The number of nitrogens with zero attached hydrogens (tertiary/aromatic N) is 1. The van der Waals surface area contributed by atoms with Gasteiger partial charge < -0.3 is 4.74 Å². The van der Waals surface area contributed by atoms with Crippen LogP contribution in [0.15, 0.2) is 12.2 Å². The Morgan fingerprint density at radius 1 is 1.28 bits per heavy atom. The zero-order chi connectivity index (χ0) is 18.5. The second-order valence-electron chi connectivity index (χ2n) is 6.78. The van der Waals surface area contributed by atoms with E-state index < -0.39 is 0 Å². The maximum absolute atomic E-state index is 12.1. The van der Waals surface area contributed by atoms with E-state index in [1.807, 2.05) is 6.92 Å². The van der Waals surface area contributed by atoms with E-state index in [9.17, 15) is 9.59 Å². The van der Waals surface area contributed by atoms with Crippen molar-refractivity contribution in [3.05, 3.63) is 12.2 Å². The van der Waals surface area contributed by atoms with Crippen LogP contribution in [0.1, 0.15) is 65.2 Å². The molecule has 0 aromatic rings. The number of hydrogen-bond acceptors (Lipinski definition) is 4. The quantitative estimate of drug-likeness (QED) is 0.247. The van der Waals surface area contributed by atoms with Crippen molar-refractivity contribution < 1.29 is 14.3 Å². The molecular weight excluding hydrogens is 314 g/mol. The second-order valence-corrected chi connectivity index (χ2v) is 6.78. The average Bonchev–Trinajstić information content (AvgIpc) is 3.07. The molecule has 1 heterocycles. The summed E-state index contributed by atoms with van der Waals surface area (Å²) in [6.07, 6.45) is 11.6. The van der Waals surface area contributed by atoms with Gasteiger partial charge in [0.25, 0.3) is 0 Å². The maximum atomic E-state index is 12.1. The van der Waals surface area contributed by atoms with Gasteiger partial charge in [-0.25, -0.2) is 0 Å². The van der Waals surface area contributed by atoms with Crippen molar-refractivity contribution in [3.8, 4) is 11.8 Å². The van der Waals surface area contributed by atoms with Crippen molar-refractivity contribution in [2.45, 2.75) is 71.3 Å². The van der Waals surface area contributed by atoms with E-state index in [4.69, 9.17) is 0 Å². The third-order valence-corrected chi connectivity index (χ3v) is 4.77. The maximum Gasteiger partial charge on any atom is 0.305 e. The molecule has 4 nitrogen and oxygen atoms in total. The number of methoxy groups -OCH3 is 1. The van der Waals surface area contributed by atoms with Crippen LogP contribution >= 0.6 is 0 Å². The fourth-order valence-electron chi connectivity index (χ4n) is 3.11. The smallest absolute Gasteiger partial charge is 0.305 e. The lowest BCUT2D eigenvalue weighted by atomic mass is 10.0. The molecule has 0 N–H and O–H groups in total. The monoisotopic (exact) mass is 347 g/mol. The van der Waals surface area contributed by atoms with Gasteiger partial charge in [0.2, 0.25) is 0 Å². The Balaban J connectivity index is 2.26. The molecule has 0 spiro atoms. The Bertz CT molecular complexity index is 501. The summed E-state index contributed by atoms with van der Waals surface area (Å²) in [6.45, 7) is 5.93. The van der Waals surface area contributed by atoms with E-state index in [1.54, 1.807) is 13.0 Å². The van der Waals surface area contributed by atoms with Crippen LogP contribution in [0.5, 0.6) is 0 Å². The molecule has 1 unspecified atom stereocenters. The molecule has 0 saturated carbocycles. The predicted octanol–water partition coefficient (Wildman–Crippen LogP) is 3.75. The van der Waals surface area contributed by atoms with Crippen LogP contribution in [0.3, 0.4) is 0 Å². The first-order valence-electron chi connectivity index (χ1n) is 9.51. The van der Waals surface area contributed by atoms with Crippen molar-refractivity contribution in [1.82, 2.24) is 4.90 Å². The first-order chi connectivity index (χ1) is 12.1. The molecule has 2 atom stereocenters. The van der Waals surface area contributed by atoms with Gasteiger partial charge in [-0.05, 0) is 51.8 Å². The Labute approximate surface area is 153 Å². The van der Waals surface area contributed by atoms with Crippen LogP contribution in [0.25, 0.3) is 0 Å². The summed E-state index contributed by atoms with van der Waals surface area (Å²) in [4.78, 5) is 25.6. The molecule has 140 valence electrons. The van der Waals surface area contributed by atoms with Crippen molar-refractivity contribution in [2.75, 3.05) is 20.2 Å². The average molecular weight is 347 g/mol. The van der Waals surface area contributed by atoms with Crippen LogP contribution in [0, 0.1) is 17.8 Å². The highest BCUT2D eigenvalue weighted by Gasteiger charge is 2.22. The summed E-state index contributed by atoms with van der Waals surface area (Å²) in [7, 11) is 1.44. The molecule has 0 radical (unpaired) electrons. The highest BCUT2D eigenvalue weighted by Crippen LogP contribution is 2.20. The topological polar surface area (TPSA) is 46.6 Å². The minimum absolute atomic E-state index is 0.0200. The lowest BCUT2D eigenvalue weighted by Gasteiger charge is -2.21. The zero-order valence-corrected chi connectivity index (χ0v) is 16.1. The van der Waals surface area contributed by atoms with Gasteiger partial charge in [0.05, 0.1) is 7.11 Å².